The second kappa shape index (κ2) is 6.66. The van der Waals surface area contributed by atoms with Gasteiger partial charge in [-0.25, -0.2) is 9.69 Å². The van der Waals surface area contributed by atoms with Gasteiger partial charge >= 0.3 is 5.97 Å². The van der Waals surface area contributed by atoms with Crippen LogP contribution < -0.4 is 10.3 Å². The highest BCUT2D eigenvalue weighted by Gasteiger charge is 2.85. The van der Waals surface area contributed by atoms with E-state index in [0.29, 0.717) is 5.69 Å². The molecule has 0 spiro atoms. The van der Waals surface area contributed by atoms with Crippen molar-refractivity contribution >= 4 is 29.2 Å². The molecule has 3 aliphatic carbocycles. The maximum absolute atomic E-state index is 14.7. The van der Waals surface area contributed by atoms with Crippen molar-refractivity contribution in [3.05, 3.63) is 101 Å². The molecule has 1 saturated heterocycles. The lowest BCUT2D eigenvalue weighted by atomic mass is 9.43. The van der Waals surface area contributed by atoms with Gasteiger partial charge in [-0.05, 0) is 41.3 Å². The number of rotatable bonds is 3. The van der Waals surface area contributed by atoms with Crippen LogP contribution in [0.25, 0.3) is 0 Å². The summed E-state index contributed by atoms with van der Waals surface area (Å²) < 4.78 is 5.39. The standard InChI is InChI=1S/C28H21N3O4/c1-2-35-24(32)23-27-21-17-12-6-8-14-19(17)22(20-15-9-7-13-18(20)21)28(27,30-29-23)26(34)31(25(27)33)16-10-4-3-5-11-16/h3-15,21-22,30H,2H2,1H3. The lowest BCUT2D eigenvalue weighted by Gasteiger charge is -2.55. The van der Waals surface area contributed by atoms with Crippen molar-refractivity contribution in [3.8, 4) is 0 Å². The molecule has 1 fully saturated rings. The van der Waals surface area contributed by atoms with Crippen LogP contribution in [0, 0.1) is 5.41 Å². The van der Waals surface area contributed by atoms with Crippen molar-refractivity contribution in [3.63, 3.8) is 0 Å². The largest absolute Gasteiger partial charge is 0.461 e. The number of carbonyl (C=O) groups excluding carboxylic acids is 3. The van der Waals surface area contributed by atoms with Crippen LogP contribution >= 0.6 is 0 Å². The van der Waals surface area contributed by atoms with Gasteiger partial charge in [0.2, 0.25) is 0 Å². The van der Waals surface area contributed by atoms with Gasteiger partial charge in [0.25, 0.3) is 11.8 Å². The molecule has 3 aromatic carbocycles. The maximum atomic E-state index is 14.7. The van der Waals surface area contributed by atoms with Crippen LogP contribution in [0.2, 0.25) is 0 Å². The highest BCUT2D eigenvalue weighted by atomic mass is 16.5. The summed E-state index contributed by atoms with van der Waals surface area (Å²) in [5.74, 6) is -2.63. The second-order valence-corrected chi connectivity index (χ2v) is 9.31. The number of hydrogen-bond donors (Lipinski definition) is 1. The van der Waals surface area contributed by atoms with Crippen LogP contribution in [0.5, 0.6) is 0 Å². The van der Waals surface area contributed by atoms with Crippen molar-refractivity contribution in [1.29, 1.82) is 0 Å². The molecule has 7 nitrogen and oxygen atoms in total. The Kier molecular flexibility index (Phi) is 3.83. The average molecular weight is 463 g/mol. The van der Waals surface area contributed by atoms with Gasteiger partial charge in [-0.2, -0.15) is 5.10 Å². The summed E-state index contributed by atoms with van der Waals surface area (Å²) in [6, 6.07) is 24.6. The van der Waals surface area contributed by atoms with Gasteiger partial charge in [-0.15, -0.1) is 0 Å². The molecule has 35 heavy (non-hydrogen) atoms. The third-order valence-electron chi connectivity index (χ3n) is 8.01. The van der Waals surface area contributed by atoms with Gasteiger partial charge < -0.3 is 4.74 Å². The minimum absolute atomic E-state index is 0.0323. The molecule has 2 aliphatic heterocycles. The number of nitrogens with one attached hydrogen (secondary N) is 1. The first-order valence-corrected chi connectivity index (χ1v) is 11.7. The van der Waals surface area contributed by atoms with Crippen molar-refractivity contribution in [2.75, 3.05) is 11.5 Å². The molecule has 1 N–H and O–H groups in total. The lowest BCUT2D eigenvalue weighted by Crippen LogP contribution is -2.69. The van der Waals surface area contributed by atoms with Crippen molar-refractivity contribution < 1.29 is 19.1 Å². The average Bonchev–Trinajstić information content (AvgIpc) is 3.36. The first kappa shape index (κ1) is 20.1. The highest BCUT2D eigenvalue weighted by molar-refractivity contribution is 6.50. The summed E-state index contributed by atoms with van der Waals surface area (Å²) in [5, 5.41) is 4.42. The van der Waals surface area contributed by atoms with Crippen molar-refractivity contribution in [1.82, 2.24) is 5.43 Å². The molecule has 0 saturated carbocycles. The van der Waals surface area contributed by atoms with E-state index in [1.165, 1.54) is 4.90 Å². The Bertz CT molecular complexity index is 1430. The van der Waals surface area contributed by atoms with Crippen LogP contribution in [0.15, 0.2) is 84.0 Å². The normalized spacial score (nSPS) is 29.1. The number of ether oxygens (including phenoxy) is 1. The predicted molar refractivity (Wildman–Crippen MR) is 128 cm³/mol. The Hall–Kier alpha value is -4.26. The minimum Gasteiger partial charge on any atom is -0.461 e. The summed E-state index contributed by atoms with van der Waals surface area (Å²) in [7, 11) is 0. The molecular formula is C28H21N3O4. The third-order valence-corrected chi connectivity index (χ3v) is 8.01. The monoisotopic (exact) mass is 463 g/mol. The Labute approximate surface area is 201 Å². The van der Waals surface area contributed by atoms with Crippen LogP contribution in [-0.2, 0) is 19.1 Å². The first-order chi connectivity index (χ1) is 17.1. The van der Waals surface area contributed by atoms with E-state index in [4.69, 9.17) is 4.74 Å². The molecule has 2 heterocycles. The number of amides is 2. The summed E-state index contributed by atoms with van der Waals surface area (Å²) in [5.41, 5.74) is 4.28. The number of anilines is 1. The molecule has 0 aromatic heterocycles. The molecule has 2 amide bonds. The van der Waals surface area contributed by atoms with E-state index >= 15 is 0 Å². The third kappa shape index (κ3) is 2.05. The van der Waals surface area contributed by atoms with E-state index in [-0.39, 0.29) is 12.3 Å². The fraction of sp³-hybridized carbons (Fsp3) is 0.214. The molecule has 3 aromatic rings. The topological polar surface area (TPSA) is 88.1 Å². The summed E-state index contributed by atoms with van der Waals surface area (Å²) in [4.78, 5) is 43.7. The molecule has 7 heteroatoms. The van der Waals surface area contributed by atoms with Gasteiger partial charge in [0.1, 0.15) is 5.41 Å². The fourth-order valence-electron chi connectivity index (χ4n) is 6.90. The lowest BCUT2D eigenvalue weighted by molar-refractivity contribution is -0.137. The van der Waals surface area contributed by atoms with Gasteiger partial charge in [0, 0.05) is 11.8 Å². The zero-order valence-corrected chi connectivity index (χ0v) is 18.9. The summed E-state index contributed by atoms with van der Waals surface area (Å²) in [6.45, 7) is 1.84. The number of hydrogen-bond acceptors (Lipinski definition) is 6. The zero-order chi connectivity index (χ0) is 23.9. The van der Waals surface area contributed by atoms with Gasteiger partial charge in [-0.1, -0.05) is 66.7 Å². The van der Waals surface area contributed by atoms with Gasteiger partial charge in [0.05, 0.1) is 12.3 Å². The van der Waals surface area contributed by atoms with Crippen LogP contribution in [0.4, 0.5) is 5.69 Å². The number of nitrogens with zero attached hydrogens (tertiary/aromatic N) is 2. The van der Waals surface area contributed by atoms with Crippen LogP contribution in [0.1, 0.15) is 41.0 Å². The number of imide groups is 1. The Morgan fingerprint density at radius 3 is 1.97 bits per heavy atom. The number of esters is 1. The van der Waals surface area contributed by atoms with E-state index in [1.807, 2.05) is 54.6 Å². The highest BCUT2D eigenvalue weighted by Crippen LogP contribution is 2.70. The second-order valence-electron chi connectivity index (χ2n) is 9.31. The Morgan fingerprint density at radius 2 is 1.40 bits per heavy atom. The first-order valence-electron chi connectivity index (χ1n) is 11.7. The van der Waals surface area contributed by atoms with Crippen LogP contribution in [0.3, 0.4) is 0 Å². The molecule has 2 atom stereocenters. The summed E-state index contributed by atoms with van der Waals surface area (Å²) >= 11 is 0. The van der Waals surface area contributed by atoms with Gasteiger partial charge in [-0.3, -0.25) is 15.0 Å². The number of benzene rings is 3. The van der Waals surface area contributed by atoms with Gasteiger partial charge in [0.15, 0.2) is 11.3 Å². The van der Waals surface area contributed by atoms with Crippen molar-refractivity contribution in [2.24, 2.45) is 10.5 Å². The molecule has 0 radical (unpaired) electrons. The Balaban J connectivity index is 1.60. The zero-order valence-electron chi connectivity index (χ0n) is 18.9. The Morgan fingerprint density at radius 1 is 0.857 bits per heavy atom. The molecule has 8 rings (SSSR count). The van der Waals surface area contributed by atoms with E-state index in [0.717, 1.165) is 22.3 Å². The molecular weight excluding hydrogens is 442 g/mol. The van der Waals surface area contributed by atoms with E-state index < -0.39 is 40.6 Å². The smallest absolute Gasteiger partial charge is 0.355 e. The number of para-hydroxylation sites is 1. The quantitative estimate of drug-likeness (QED) is 0.476. The van der Waals surface area contributed by atoms with Crippen LogP contribution in [-0.4, -0.2) is 35.6 Å². The molecule has 2 bridgehead atoms. The fourth-order valence-corrected chi connectivity index (χ4v) is 6.90. The molecule has 172 valence electrons. The van der Waals surface area contributed by atoms with E-state index in [9.17, 15) is 14.4 Å². The maximum Gasteiger partial charge on any atom is 0.355 e. The SMILES string of the molecule is CCOC(=O)C1=NNC23C(=O)N(c4ccccc4)C(=O)C12C1c2ccccc2C3c2ccccc21. The molecule has 2 unspecified atom stereocenters. The number of hydrazone groups is 1. The van der Waals surface area contributed by atoms with E-state index in [1.54, 1.807) is 31.2 Å². The summed E-state index contributed by atoms with van der Waals surface area (Å²) in [6.07, 6.45) is 0. The number of carbonyl (C=O) groups is 3. The predicted octanol–water partition coefficient (Wildman–Crippen LogP) is 3.10. The minimum atomic E-state index is -1.57. The molecule has 5 aliphatic rings. The van der Waals surface area contributed by atoms with Crippen molar-refractivity contribution in [2.45, 2.75) is 24.3 Å². The van der Waals surface area contributed by atoms with E-state index in [2.05, 4.69) is 10.5 Å².